The molecule has 1 heterocycles. The van der Waals surface area contributed by atoms with E-state index in [-0.39, 0.29) is 18.1 Å². The highest BCUT2D eigenvalue weighted by Crippen LogP contribution is 2.32. The summed E-state index contributed by atoms with van der Waals surface area (Å²) >= 11 is 0. The molecule has 6 heteroatoms. The van der Waals surface area contributed by atoms with Crippen molar-refractivity contribution in [2.24, 2.45) is 0 Å². The molecular formula is C20H18FNO4. The largest absolute Gasteiger partial charge is 0.494 e. The van der Waals surface area contributed by atoms with Crippen molar-refractivity contribution in [2.45, 2.75) is 20.3 Å². The van der Waals surface area contributed by atoms with E-state index < -0.39 is 11.8 Å². The minimum atomic E-state index is -1.03. The number of carbonyl (C=O) groups excluding carboxylic acids is 1. The minimum absolute atomic E-state index is 0.00377. The van der Waals surface area contributed by atoms with Gasteiger partial charge in [-0.25, -0.2) is 4.39 Å². The smallest absolute Gasteiger partial charge is 0.307 e. The molecule has 5 nitrogen and oxygen atoms in total. The second kappa shape index (κ2) is 6.63. The van der Waals surface area contributed by atoms with Crippen molar-refractivity contribution in [3.05, 3.63) is 64.6 Å². The van der Waals surface area contributed by atoms with Crippen molar-refractivity contribution in [3.63, 3.8) is 0 Å². The fraction of sp³-hybridized carbons (Fsp3) is 0.200. The number of ether oxygens (including phenoxy) is 1. The quantitative estimate of drug-likeness (QED) is 0.774. The van der Waals surface area contributed by atoms with Gasteiger partial charge in [0, 0.05) is 22.7 Å². The molecule has 0 aliphatic carbocycles. The monoisotopic (exact) mass is 355 g/mol. The van der Waals surface area contributed by atoms with Crippen LogP contribution in [0.4, 0.5) is 4.39 Å². The molecule has 0 spiro atoms. The molecule has 0 unspecified atom stereocenters. The van der Waals surface area contributed by atoms with Crippen LogP contribution < -0.4 is 4.74 Å². The maximum atomic E-state index is 14.3. The third kappa shape index (κ3) is 2.94. The Morgan fingerprint density at radius 1 is 1.15 bits per heavy atom. The molecule has 1 aromatic heterocycles. The van der Waals surface area contributed by atoms with Crippen molar-refractivity contribution < 1.29 is 23.8 Å². The van der Waals surface area contributed by atoms with E-state index in [1.807, 2.05) is 19.1 Å². The van der Waals surface area contributed by atoms with Crippen molar-refractivity contribution in [1.82, 2.24) is 4.57 Å². The summed E-state index contributed by atoms with van der Waals surface area (Å²) in [7, 11) is 1.34. The van der Waals surface area contributed by atoms with E-state index in [0.29, 0.717) is 27.7 Å². The van der Waals surface area contributed by atoms with Crippen LogP contribution in [0.1, 0.15) is 27.2 Å². The summed E-state index contributed by atoms with van der Waals surface area (Å²) < 4.78 is 20.6. The lowest BCUT2D eigenvalue weighted by molar-refractivity contribution is -0.136. The van der Waals surface area contributed by atoms with Gasteiger partial charge in [0.05, 0.1) is 19.0 Å². The molecule has 0 bridgehead atoms. The second-order valence-corrected chi connectivity index (χ2v) is 6.14. The molecule has 0 aliphatic rings. The lowest BCUT2D eigenvalue weighted by Gasteiger charge is -2.08. The van der Waals surface area contributed by atoms with Gasteiger partial charge >= 0.3 is 5.97 Å². The highest BCUT2D eigenvalue weighted by atomic mass is 19.1. The van der Waals surface area contributed by atoms with Crippen molar-refractivity contribution in [2.75, 3.05) is 7.11 Å². The van der Waals surface area contributed by atoms with Crippen LogP contribution in [-0.4, -0.2) is 28.7 Å². The summed E-state index contributed by atoms with van der Waals surface area (Å²) in [6, 6.07) is 9.67. The van der Waals surface area contributed by atoms with Crippen LogP contribution in [0, 0.1) is 19.7 Å². The number of carbonyl (C=O) groups is 2. The van der Waals surface area contributed by atoms with E-state index in [0.717, 1.165) is 5.56 Å². The van der Waals surface area contributed by atoms with Gasteiger partial charge in [-0.1, -0.05) is 17.7 Å². The summed E-state index contributed by atoms with van der Waals surface area (Å²) in [4.78, 5) is 24.3. The zero-order chi connectivity index (χ0) is 19.0. The Hall–Kier alpha value is -3.15. The van der Waals surface area contributed by atoms with E-state index in [1.54, 1.807) is 19.1 Å². The average Bonchev–Trinajstić information content (AvgIpc) is 2.85. The Bertz CT molecular complexity index is 1020. The number of methoxy groups -OCH3 is 1. The number of nitrogens with zero attached hydrogens (tertiary/aromatic N) is 1. The second-order valence-electron chi connectivity index (χ2n) is 6.14. The topological polar surface area (TPSA) is 68.5 Å². The molecule has 0 amide bonds. The molecule has 0 fully saturated rings. The number of fused-ring (bicyclic) bond motifs is 1. The Kier molecular flexibility index (Phi) is 4.50. The molecule has 134 valence electrons. The van der Waals surface area contributed by atoms with Crippen molar-refractivity contribution in [3.8, 4) is 5.75 Å². The Balaban J connectivity index is 2.28. The van der Waals surface area contributed by atoms with Gasteiger partial charge in [-0.3, -0.25) is 14.2 Å². The van der Waals surface area contributed by atoms with Crippen LogP contribution in [0.15, 0.2) is 36.4 Å². The number of aromatic nitrogens is 1. The average molecular weight is 355 g/mol. The molecule has 26 heavy (non-hydrogen) atoms. The maximum Gasteiger partial charge on any atom is 0.307 e. The highest BCUT2D eigenvalue weighted by molar-refractivity contribution is 6.05. The first-order valence-corrected chi connectivity index (χ1v) is 8.04. The molecule has 0 saturated carbocycles. The Labute approximate surface area is 149 Å². The van der Waals surface area contributed by atoms with Gasteiger partial charge in [0.2, 0.25) is 0 Å². The van der Waals surface area contributed by atoms with E-state index in [4.69, 9.17) is 4.74 Å². The molecule has 2 aromatic carbocycles. The number of aryl methyl sites for hydroxylation is 1. The first-order valence-electron chi connectivity index (χ1n) is 8.04. The Morgan fingerprint density at radius 3 is 2.38 bits per heavy atom. The van der Waals surface area contributed by atoms with Gasteiger partial charge in [0.1, 0.15) is 0 Å². The van der Waals surface area contributed by atoms with Gasteiger partial charge < -0.3 is 9.84 Å². The predicted octanol–water partition coefficient (Wildman–Crippen LogP) is 3.72. The fourth-order valence-electron chi connectivity index (χ4n) is 3.10. The van der Waals surface area contributed by atoms with Crippen LogP contribution in [-0.2, 0) is 11.2 Å². The lowest BCUT2D eigenvalue weighted by atomic mass is 10.1. The van der Waals surface area contributed by atoms with Crippen molar-refractivity contribution in [1.29, 1.82) is 0 Å². The molecular weight excluding hydrogens is 337 g/mol. The van der Waals surface area contributed by atoms with Crippen LogP contribution >= 0.6 is 0 Å². The van der Waals surface area contributed by atoms with E-state index in [9.17, 15) is 19.1 Å². The summed E-state index contributed by atoms with van der Waals surface area (Å²) in [5.74, 6) is -1.98. The maximum absolute atomic E-state index is 14.3. The summed E-state index contributed by atoms with van der Waals surface area (Å²) in [5.41, 5.74) is 2.71. The SMILES string of the molecule is COc1cc2c(CC(=O)O)c(C)n(C(=O)c3ccc(C)cc3)c2cc1F. The van der Waals surface area contributed by atoms with Crippen LogP contribution in [0.25, 0.3) is 10.9 Å². The van der Waals surface area contributed by atoms with Crippen LogP contribution in [0.2, 0.25) is 0 Å². The van der Waals surface area contributed by atoms with Crippen LogP contribution in [0.5, 0.6) is 5.75 Å². The van der Waals surface area contributed by atoms with Crippen molar-refractivity contribution >= 4 is 22.8 Å². The molecule has 3 aromatic rings. The molecule has 0 atom stereocenters. The molecule has 0 saturated heterocycles. The summed E-state index contributed by atoms with van der Waals surface area (Å²) in [5, 5.41) is 9.72. The van der Waals surface area contributed by atoms with Gasteiger partial charge in [-0.05, 0) is 37.6 Å². The van der Waals surface area contributed by atoms with Gasteiger partial charge in [0.15, 0.2) is 11.6 Å². The fourth-order valence-corrected chi connectivity index (χ4v) is 3.10. The number of benzene rings is 2. The normalized spacial score (nSPS) is 10.9. The third-order valence-electron chi connectivity index (χ3n) is 4.44. The number of carboxylic acids is 1. The zero-order valence-electron chi connectivity index (χ0n) is 14.7. The zero-order valence-corrected chi connectivity index (χ0v) is 14.7. The number of halogens is 1. The number of rotatable bonds is 4. The summed E-state index contributed by atoms with van der Waals surface area (Å²) in [6.07, 6.45) is -0.273. The van der Waals surface area contributed by atoms with Gasteiger partial charge in [-0.2, -0.15) is 0 Å². The highest BCUT2D eigenvalue weighted by Gasteiger charge is 2.23. The van der Waals surface area contributed by atoms with Gasteiger partial charge in [-0.15, -0.1) is 0 Å². The molecule has 3 rings (SSSR count). The number of aliphatic carboxylic acids is 1. The molecule has 0 radical (unpaired) electrons. The molecule has 1 N–H and O–H groups in total. The lowest BCUT2D eigenvalue weighted by Crippen LogP contribution is -2.14. The Morgan fingerprint density at radius 2 is 1.81 bits per heavy atom. The first-order chi connectivity index (χ1) is 12.3. The number of hydrogen-bond acceptors (Lipinski definition) is 3. The summed E-state index contributed by atoms with van der Waals surface area (Å²) in [6.45, 7) is 3.58. The van der Waals surface area contributed by atoms with E-state index in [2.05, 4.69) is 0 Å². The van der Waals surface area contributed by atoms with Crippen LogP contribution in [0.3, 0.4) is 0 Å². The van der Waals surface area contributed by atoms with E-state index >= 15 is 0 Å². The predicted molar refractivity (Wildman–Crippen MR) is 95.4 cm³/mol. The van der Waals surface area contributed by atoms with Gasteiger partial charge in [0.25, 0.3) is 5.91 Å². The minimum Gasteiger partial charge on any atom is -0.494 e. The number of hydrogen-bond donors (Lipinski definition) is 1. The molecule has 0 aliphatic heterocycles. The number of carboxylic acid groups (broad SMARTS) is 1. The van der Waals surface area contributed by atoms with E-state index in [1.165, 1.54) is 23.8 Å². The standard InChI is InChI=1S/C20H18FNO4/c1-11-4-6-13(7-5-11)20(25)22-12(2)14(9-19(23)24)15-8-18(26-3)16(21)10-17(15)22/h4-8,10H,9H2,1-3H3,(H,23,24). The third-order valence-corrected chi connectivity index (χ3v) is 4.44. The first kappa shape index (κ1) is 17.7.